The average Bonchev–Trinajstić information content (AvgIpc) is 2.88. The van der Waals surface area contributed by atoms with E-state index in [-0.39, 0.29) is 6.04 Å². The van der Waals surface area contributed by atoms with Gasteiger partial charge in [-0.15, -0.1) is 0 Å². The van der Waals surface area contributed by atoms with Crippen molar-refractivity contribution in [1.29, 1.82) is 0 Å². The molecule has 0 bridgehead atoms. The number of hydrogen-bond acceptors (Lipinski definition) is 7. The van der Waals surface area contributed by atoms with E-state index in [0.29, 0.717) is 18.9 Å². The number of hydrazine groups is 1. The number of likely N-dealkylation sites (tertiary alicyclic amines) is 1. The molecule has 7 nitrogen and oxygen atoms in total. The fraction of sp³-hybridized carbons (Fsp3) is 0.517. The van der Waals surface area contributed by atoms with E-state index in [1.807, 2.05) is 6.07 Å². The van der Waals surface area contributed by atoms with Crippen LogP contribution in [0, 0.1) is 0 Å². The lowest BCUT2D eigenvalue weighted by atomic mass is 9.92. The molecule has 0 spiro atoms. The van der Waals surface area contributed by atoms with Crippen LogP contribution in [0.1, 0.15) is 60.8 Å². The van der Waals surface area contributed by atoms with E-state index in [9.17, 15) is 9.59 Å². The summed E-state index contributed by atoms with van der Waals surface area (Å²) in [6, 6.07) is 13.5. The van der Waals surface area contributed by atoms with Crippen molar-refractivity contribution in [2.75, 3.05) is 30.9 Å². The maximum atomic E-state index is 11.6. The average molecular weight is 492 g/mol. The summed E-state index contributed by atoms with van der Waals surface area (Å²) in [5.41, 5.74) is 13.1. The quantitative estimate of drug-likeness (QED) is 0.215. The molecule has 1 fully saturated rings. The molecule has 0 aromatic heterocycles. The van der Waals surface area contributed by atoms with Crippen molar-refractivity contribution in [2.24, 2.45) is 5.84 Å². The Bertz CT molecular complexity index is 1040. The van der Waals surface area contributed by atoms with Gasteiger partial charge < -0.3 is 20.3 Å². The van der Waals surface area contributed by atoms with Crippen LogP contribution >= 0.6 is 0 Å². The van der Waals surface area contributed by atoms with E-state index in [1.54, 1.807) is 12.1 Å². The Balaban J connectivity index is 1.38. The Morgan fingerprint density at radius 3 is 2.67 bits per heavy atom. The van der Waals surface area contributed by atoms with Gasteiger partial charge >= 0.3 is 0 Å². The first-order valence-corrected chi connectivity index (χ1v) is 13.3. The molecule has 2 aromatic rings. The van der Waals surface area contributed by atoms with Gasteiger partial charge in [0.05, 0.1) is 17.4 Å². The Morgan fingerprint density at radius 2 is 1.92 bits per heavy atom. The second-order valence-corrected chi connectivity index (χ2v) is 10.4. The van der Waals surface area contributed by atoms with Gasteiger partial charge in [0, 0.05) is 39.1 Å². The van der Waals surface area contributed by atoms with Crippen molar-refractivity contribution >= 4 is 23.9 Å². The van der Waals surface area contributed by atoms with Crippen LogP contribution < -0.4 is 16.6 Å². The number of nitrogens with zero attached hydrogens (tertiary/aromatic N) is 3. The number of aldehydes is 2. The first kappa shape index (κ1) is 26.3. The minimum absolute atomic E-state index is 0.170. The highest BCUT2D eigenvalue weighted by Crippen LogP contribution is 2.28. The summed E-state index contributed by atoms with van der Waals surface area (Å²) in [6.07, 6.45) is 9.86. The molecule has 1 saturated heterocycles. The van der Waals surface area contributed by atoms with Crippen LogP contribution in [0.5, 0.6) is 0 Å². The van der Waals surface area contributed by atoms with E-state index in [0.717, 1.165) is 69.4 Å². The predicted molar refractivity (Wildman–Crippen MR) is 146 cm³/mol. The van der Waals surface area contributed by atoms with Gasteiger partial charge in [-0.2, -0.15) is 0 Å². The van der Waals surface area contributed by atoms with Crippen molar-refractivity contribution in [3.8, 4) is 0 Å². The van der Waals surface area contributed by atoms with Gasteiger partial charge in [0.15, 0.2) is 0 Å². The monoisotopic (exact) mass is 491 g/mol. The van der Waals surface area contributed by atoms with Crippen molar-refractivity contribution in [3.05, 3.63) is 58.7 Å². The van der Waals surface area contributed by atoms with E-state index in [2.05, 4.69) is 40.1 Å². The van der Waals surface area contributed by atoms with Gasteiger partial charge in [-0.05, 0) is 79.5 Å². The van der Waals surface area contributed by atoms with E-state index in [1.165, 1.54) is 41.5 Å². The second kappa shape index (κ2) is 12.5. The van der Waals surface area contributed by atoms with E-state index >= 15 is 0 Å². The standard InChI is InChI=1S/C29H41N5O2/c1-32(31)29-12-9-23(18-28(29)30)19-33-14-3-2-5-26(33)11-8-22-7-10-24-13-15-34(20-25(24)17-22)27(21-36)6-4-16-35/h7,9-10,12,16-18,21,26-27H,2-6,8,11,13-15,19-20,30-31H2,1H3. The van der Waals surface area contributed by atoms with Crippen LogP contribution in [0.4, 0.5) is 11.4 Å². The number of anilines is 2. The number of carbonyl (C=O) groups excluding carboxylic acids is 2. The molecule has 2 aromatic carbocycles. The Morgan fingerprint density at radius 1 is 1.08 bits per heavy atom. The van der Waals surface area contributed by atoms with Gasteiger partial charge in [-0.25, -0.2) is 5.84 Å². The zero-order chi connectivity index (χ0) is 25.5. The summed E-state index contributed by atoms with van der Waals surface area (Å²) in [5, 5.41) is 1.56. The molecular weight excluding hydrogens is 450 g/mol. The summed E-state index contributed by atoms with van der Waals surface area (Å²) < 4.78 is 0. The molecule has 0 aliphatic carbocycles. The normalized spacial score (nSPS) is 19.4. The van der Waals surface area contributed by atoms with Gasteiger partial charge in [0.2, 0.25) is 0 Å². The number of fused-ring (bicyclic) bond motifs is 1. The molecule has 2 atom stereocenters. The second-order valence-electron chi connectivity index (χ2n) is 10.4. The maximum Gasteiger partial charge on any atom is 0.137 e. The third-order valence-electron chi connectivity index (χ3n) is 7.89. The third kappa shape index (κ3) is 6.52. The number of benzene rings is 2. The number of hydrogen-bond donors (Lipinski definition) is 2. The van der Waals surface area contributed by atoms with Crippen LogP contribution in [0.25, 0.3) is 0 Å². The summed E-state index contributed by atoms with van der Waals surface area (Å²) in [6.45, 7) is 3.70. The van der Waals surface area contributed by atoms with Crippen LogP contribution in [-0.4, -0.2) is 54.6 Å². The van der Waals surface area contributed by atoms with Gasteiger partial charge in [-0.1, -0.05) is 30.7 Å². The molecule has 4 rings (SSSR count). The lowest BCUT2D eigenvalue weighted by molar-refractivity contribution is -0.113. The molecule has 0 saturated carbocycles. The molecule has 0 amide bonds. The summed E-state index contributed by atoms with van der Waals surface area (Å²) in [7, 11) is 1.80. The summed E-state index contributed by atoms with van der Waals surface area (Å²) in [5.74, 6) is 5.87. The number of aryl methyl sites for hydroxylation is 1. The van der Waals surface area contributed by atoms with E-state index < -0.39 is 0 Å². The zero-order valence-electron chi connectivity index (χ0n) is 21.6. The summed E-state index contributed by atoms with van der Waals surface area (Å²) in [4.78, 5) is 27.2. The minimum atomic E-state index is -0.170. The first-order valence-electron chi connectivity index (χ1n) is 13.3. The van der Waals surface area contributed by atoms with Crippen LogP contribution in [0.3, 0.4) is 0 Å². The number of piperidine rings is 1. The van der Waals surface area contributed by atoms with Crippen molar-refractivity contribution in [2.45, 2.75) is 76.5 Å². The molecule has 7 heteroatoms. The fourth-order valence-corrected chi connectivity index (χ4v) is 5.83. The molecule has 0 radical (unpaired) electrons. The number of nitrogens with two attached hydrogens (primary N) is 2. The highest BCUT2D eigenvalue weighted by atomic mass is 16.1. The molecular formula is C29H41N5O2. The minimum Gasteiger partial charge on any atom is -0.397 e. The largest absolute Gasteiger partial charge is 0.397 e. The molecule has 2 aliphatic rings. The Labute approximate surface area is 215 Å². The van der Waals surface area contributed by atoms with Gasteiger partial charge in [0.1, 0.15) is 12.6 Å². The number of nitrogen functional groups attached to an aromatic ring is 1. The molecule has 4 N–H and O–H groups in total. The zero-order valence-corrected chi connectivity index (χ0v) is 21.6. The van der Waals surface area contributed by atoms with Crippen LogP contribution in [0.2, 0.25) is 0 Å². The lowest BCUT2D eigenvalue weighted by Gasteiger charge is -2.36. The van der Waals surface area contributed by atoms with E-state index in [4.69, 9.17) is 11.6 Å². The topological polar surface area (TPSA) is 95.9 Å². The Kier molecular flexibility index (Phi) is 9.13. The molecule has 2 aliphatic heterocycles. The first-order chi connectivity index (χ1) is 17.5. The number of carbonyl (C=O) groups is 2. The van der Waals surface area contributed by atoms with Crippen molar-refractivity contribution < 1.29 is 9.59 Å². The molecule has 36 heavy (non-hydrogen) atoms. The Hall–Kier alpha value is -2.74. The predicted octanol–water partition coefficient (Wildman–Crippen LogP) is 3.47. The third-order valence-corrected chi connectivity index (χ3v) is 7.89. The highest BCUT2D eigenvalue weighted by Gasteiger charge is 2.25. The summed E-state index contributed by atoms with van der Waals surface area (Å²) >= 11 is 0. The maximum absolute atomic E-state index is 11.6. The van der Waals surface area contributed by atoms with Crippen molar-refractivity contribution in [1.82, 2.24) is 9.80 Å². The van der Waals surface area contributed by atoms with Crippen LogP contribution in [-0.2, 0) is 35.5 Å². The fourth-order valence-electron chi connectivity index (χ4n) is 5.83. The van der Waals surface area contributed by atoms with Crippen LogP contribution in [0.15, 0.2) is 36.4 Å². The molecule has 194 valence electrons. The van der Waals surface area contributed by atoms with Crippen molar-refractivity contribution in [3.63, 3.8) is 0 Å². The number of rotatable bonds is 11. The lowest BCUT2D eigenvalue weighted by Crippen LogP contribution is -2.40. The van der Waals surface area contributed by atoms with Gasteiger partial charge in [0.25, 0.3) is 0 Å². The SMILES string of the molecule is CN(N)c1ccc(CN2CCCCC2CCc2ccc3c(c2)CN(C(C=O)CCC=O)CC3)cc1N. The van der Waals surface area contributed by atoms with Gasteiger partial charge in [-0.3, -0.25) is 9.80 Å². The molecule has 2 heterocycles. The highest BCUT2D eigenvalue weighted by molar-refractivity contribution is 5.67. The molecule has 2 unspecified atom stereocenters. The smallest absolute Gasteiger partial charge is 0.137 e.